The highest BCUT2D eigenvalue weighted by Crippen LogP contribution is 2.24. The topological polar surface area (TPSA) is 69.4 Å². The van der Waals surface area contributed by atoms with Crippen LogP contribution in [0.5, 0.6) is 0 Å². The molecule has 0 N–H and O–H groups in total. The molecule has 0 aliphatic carbocycles. The second-order valence-electron chi connectivity index (χ2n) is 6.61. The minimum Gasteiger partial charge on any atom is -0.457 e. The number of rotatable bonds is 3. The number of benzene rings is 2. The maximum absolute atomic E-state index is 12.7. The molecule has 0 saturated carbocycles. The maximum atomic E-state index is 12.7. The van der Waals surface area contributed by atoms with Crippen LogP contribution in [0.2, 0.25) is 5.15 Å². The van der Waals surface area contributed by atoms with Gasteiger partial charge in [-0.3, -0.25) is 0 Å². The Balaban J connectivity index is 1.70. The molecule has 0 bridgehead atoms. The molecule has 5 nitrogen and oxygen atoms in total. The van der Waals surface area contributed by atoms with Crippen molar-refractivity contribution in [2.75, 3.05) is 0 Å². The summed E-state index contributed by atoms with van der Waals surface area (Å²) in [6.45, 7) is 3.86. The predicted molar refractivity (Wildman–Crippen MR) is 108 cm³/mol. The lowest BCUT2D eigenvalue weighted by atomic mass is 10.0. The number of pyridine rings is 1. The van der Waals surface area contributed by atoms with Gasteiger partial charge in [0.15, 0.2) is 0 Å². The first kappa shape index (κ1) is 18.2. The van der Waals surface area contributed by atoms with Gasteiger partial charge in [-0.25, -0.2) is 14.6 Å². The zero-order valence-corrected chi connectivity index (χ0v) is 16.0. The molecule has 0 aliphatic rings. The number of nitrogens with zero attached hydrogens (tertiary/aromatic N) is 1. The third-order valence-electron chi connectivity index (χ3n) is 4.71. The van der Waals surface area contributed by atoms with Crippen LogP contribution in [0.15, 0.2) is 57.7 Å². The first-order valence-corrected chi connectivity index (χ1v) is 9.06. The summed E-state index contributed by atoms with van der Waals surface area (Å²) in [5, 5.41) is 1.61. The Labute approximate surface area is 165 Å². The number of hydrogen-bond donors (Lipinski definition) is 0. The van der Waals surface area contributed by atoms with E-state index in [0.717, 1.165) is 16.5 Å². The van der Waals surface area contributed by atoms with Gasteiger partial charge >= 0.3 is 11.6 Å². The zero-order chi connectivity index (χ0) is 19.8. The number of para-hydroxylation sites is 1. The summed E-state index contributed by atoms with van der Waals surface area (Å²) in [5.74, 6) is -0.536. The predicted octanol–water partition coefficient (Wildman–Crippen LogP) is 4.97. The van der Waals surface area contributed by atoms with Gasteiger partial charge in [0.25, 0.3) is 0 Å². The molecule has 0 saturated heterocycles. The summed E-state index contributed by atoms with van der Waals surface area (Å²) in [5.41, 5.74) is 3.59. The van der Waals surface area contributed by atoms with Crippen LogP contribution >= 0.6 is 11.6 Å². The third-order valence-corrected chi connectivity index (χ3v) is 4.90. The van der Waals surface area contributed by atoms with Crippen molar-refractivity contribution in [2.24, 2.45) is 0 Å². The molecular formula is C22H16ClNO4. The Morgan fingerprint density at radius 2 is 1.82 bits per heavy atom. The minimum absolute atomic E-state index is 0.0578. The number of esters is 1. The Morgan fingerprint density at radius 1 is 1.07 bits per heavy atom. The van der Waals surface area contributed by atoms with E-state index in [0.29, 0.717) is 27.6 Å². The molecule has 2 heterocycles. The molecule has 2 aromatic carbocycles. The second kappa shape index (κ2) is 7.09. The quantitative estimate of drug-likeness (QED) is 0.279. The van der Waals surface area contributed by atoms with Crippen molar-refractivity contribution in [1.29, 1.82) is 0 Å². The molecule has 0 amide bonds. The fraction of sp³-hybridized carbons (Fsp3) is 0.136. The number of fused-ring (bicyclic) bond motifs is 2. The second-order valence-corrected chi connectivity index (χ2v) is 7.00. The van der Waals surface area contributed by atoms with E-state index in [9.17, 15) is 9.59 Å². The summed E-state index contributed by atoms with van der Waals surface area (Å²) in [6, 6.07) is 13.8. The molecule has 0 aliphatic heterocycles. The Morgan fingerprint density at radius 3 is 2.64 bits per heavy atom. The average molecular weight is 394 g/mol. The molecule has 0 fully saturated rings. The van der Waals surface area contributed by atoms with E-state index < -0.39 is 11.6 Å². The molecule has 6 heteroatoms. The normalized spacial score (nSPS) is 11.1. The lowest BCUT2D eigenvalue weighted by molar-refractivity contribution is 0.0476. The lowest BCUT2D eigenvalue weighted by Crippen LogP contribution is -2.09. The van der Waals surface area contributed by atoms with Gasteiger partial charge in [-0.2, -0.15) is 0 Å². The molecule has 0 radical (unpaired) electrons. The van der Waals surface area contributed by atoms with Crippen molar-refractivity contribution < 1.29 is 13.9 Å². The van der Waals surface area contributed by atoms with Crippen LogP contribution in [0, 0.1) is 13.8 Å². The van der Waals surface area contributed by atoms with Crippen molar-refractivity contribution in [3.63, 3.8) is 0 Å². The standard InChI is InChI=1S/C22H16ClNO4/c1-12-7-16-14(9-21(25)28-19(16)8-13(12)2)11-27-22(26)17-10-20(23)24-18-6-4-3-5-15(17)18/h3-10H,11H2,1-2H3. The van der Waals surface area contributed by atoms with Crippen LogP contribution in [-0.4, -0.2) is 11.0 Å². The summed E-state index contributed by atoms with van der Waals surface area (Å²) in [4.78, 5) is 28.8. The van der Waals surface area contributed by atoms with E-state index in [1.165, 1.54) is 12.1 Å². The van der Waals surface area contributed by atoms with Crippen LogP contribution in [0.25, 0.3) is 21.9 Å². The molecule has 0 unspecified atom stereocenters. The van der Waals surface area contributed by atoms with E-state index in [1.54, 1.807) is 12.1 Å². The van der Waals surface area contributed by atoms with Gasteiger partial charge in [-0.1, -0.05) is 29.8 Å². The fourth-order valence-electron chi connectivity index (χ4n) is 3.14. The van der Waals surface area contributed by atoms with Crippen LogP contribution in [0.1, 0.15) is 27.0 Å². The van der Waals surface area contributed by atoms with Crippen LogP contribution < -0.4 is 5.63 Å². The van der Waals surface area contributed by atoms with Crippen LogP contribution in [0.4, 0.5) is 0 Å². The van der Waals surface area contributed by atoms with E-state index in [4.69, 9.17) is 20.8 Å². The van der Waals surface area contributed by atoms with Crippen LogP contribution in [-0.2, 0) is 11.3 Å². The van der Waals surface area contributed by atoms with E-state index in [2.05, 4.69) is 4.98 Å². The molecular weight excluding hydrogens is 378 g/mol. The molecule has 0 spiro atoms. The fourth-order valence-corrected chi connectivity index (χ4v) is 3.34. The Hall–Kier alpha value is -3.18. The van der Waals surface area contributed by atoms with Gasteiger partial charge in [-0.05, 0) is 49.2 Å². The molecule has 140 valence electrons. The van der Waals surface area contributed by atoms with E-state index in [-0.39, 0.29) is 11.8 Å². The van der Waals surface area contributed by atoms with Crippen molar-refractivity contribution >= 4 is 39.4 Å². The van der Waals surface area contributed by atoms with Gasteiger partial charge < -0.3 is 9.15 Å². The monoisotopic (exact) mass is 393 g/mol. The number of hydrogen-bond acceptors (Lipinski definition) is 5. The number of halogens is 1. The number of ether oxygens (including phenoxy) is 1. The Kier molecular flexibility index (Phi) is 4.61. The van der Waals surface area contributed by atoms with E-state index in [1.807, 2.05) is 38.1 Å². The lowest BCUT2D eigenvalue weighted by Gasteiger charge is -2.10. The average Bonchev–Trinajstić information content (AvgIpc) is 2.66. The minimum atomic E-state index is -0.536. The molecule has 2 aromatic heterocycles. The molecule has 4 aromatic rings. The zero-order valence-electron chi connectivity index (χ0n) is 15.3. The summed E-state index contributed by atoms with van der Waals surface area (Å²) in [7, 11) is 0. The number of aromatic nitrogens is 1. The highest BCUT2D eigenvalue weighted by molar-refractivity contribution is 6.30. The van der Waals surface area contributed by atoms with Gasteiger partial charge in [0.2, 0.25) is 0 Å². The molecule has 0 atom stereocenters. The third kappa shape index (κ3) is 3.37. The summed E-state index contributed by atoms with van der Waals surface area (Å²) >= 11 is 6.04. The number of carbonyl (C=O) groups is 1. The van der Waals surface area contributed by atoms with Crippen LogP contribution in [0.3, 0.4) is 0 Å². The SMILES string of the molecule is Cc1cc2oc(=O)cc(COC(=O)c3cc(Cl)nc4ccccc34)c2cc1C. The summed E-state index contributed by atoms with van der Waals surface area (Å²) in [6.07, 6.45) is 0. The highest BCUT2D eigenvalue weighted by atomic mass is 35.5. The largest absolute Gasteiger partial charge is 0.457 e. The van der Waals surface area contributed by atoms with Gasteiger partial charge in [0.05, 0.1) is 11.1 Å². The number of aryl methyl sites for hydroxylation is 2. The van der Waals surface area contributed by atoms with Crippen molar-refractivity contribution in [1.82, 2.24) is 4.98 Å². The van der Waals surface area contributed by atoms with Gasteiger partial charge in [-0.15, -0.1) is 0 Å². The van der Waals surface area contributed by atoms with Crippen molar-refractivity contribution in [2.45, 2.75) is 20.5 Å². The summed E-state index contributed by atoms with van der Waals surface area (Å²) < 4.78 is 10.8. The number of carbonyl (C=O) groups excluding carboxylic acids is 1. The molecule has 28 heavy (non-hydrogen) atoms. The first-order chi connectivity index (χ1) is 13.4. The van der Waals surface area contributed by atoms with Gasteiger partial charge in [0.1, 0.15) is 17.3 Å². The highest BCUT2D eigenvalue weighted by Gasteiger charge is 2.15. The van der Waals surface area contributed by atoms with Crippen molar-refractivity contribution in [3.05, 3.63) is 86.4 Å². The molecule has 4 rings (SSSR count). The first-order valence-electron chi connectivity index (χ1n) is 8.69. The van der Waals surface area contributed by atoms with E-state index >= 15 is 0 Å². The van der Waals surface area contributed by atoms with Crippen molar-refractivity contribution in [3.8, 4) is 0 Å². The Bertz CT molecular complexity index is 1290. The maximum Gasteiger partial charge on any atom is 0.339 e. The smallest absolute Gasteiger partial charge is 0.339 e. The van der Waals surface area contributed by atoms with Gasteiger partial charge in [0, 0.05) is 22.4 Å².